The number of ether oxygens (including phenoxy) is 2. The quantitative estimate of drug-likeness (QED) is 0.360. The summed E-state index contributed by atoms with van der Waals surface area (Å²) in [4.78, 5) is 45.5. The summed E-state index contributed by atoms with van der Waals surface area (Å²) >= 11 is 6.23. The zero-order chi connectivity index (χ0) is 31.3. The fourth-order valence-corrected chi connectivity index (χ4v) is 6.07. The van der Waals surface area contributed by atoms with Gasteiger partial charge in [-0.05, 0) is 73.7 Å². The molecular formula is C33H38ClN5O5. The lowest BCUT2D eigenvalue weighted by atomic mass is 9.85. The fourth-order valence-electron chi connectivity index (χ4n) is 5.89. The monoisotopic (exact) mass is 619 g/mol. The fraction of sp³-hybridized carbons (Fsp3) is 0.364. The predicted octanol–water partition coefficient (Wildman–Crippen LogP) is 4.70. The number of urea groups is 1. The Hall–Kier alpha value is -4.44. The molecule has 4 amide bonds. The molecule has 3 aromatic carbocycles. The summed E-state index contributed by atoms with van der Waals surface area (Å²) in [5.41, 5.74) is 2.62. The highest BCUT2D eigenvalue weighted by atomic mass is 35.5. The van der Waals surface area contributed by atoms with Gasteiger partial charge in [-0.1, -0.05) is 41.9 Å². The van der Waals surface area contributed by atoms with Gasteiger partial charge in [-0.2, -0.15) is 0 Å². The number of rotatable bonds is 9. The van der Waals surface area contributed by atoms with Crippen molar-refractivity contribution in [2.45, 2.75) is 31.7 Å². The van der Waals surface area contributed by atoms with Gasteiger partial charge in [0.05, 0.1) is 20.9 Å². The number of para-hydroxylation sites is 1. The third-order valence-electron chi connectivity index (χ3n) is 8.40. The van der Waals surface area contributed by atoms with E-state index in [9.17, 15) is 14.4 Å². The Balaban J connectivity index is 1.22. The number of hydrogen-bond acceptors (Lipinski definition) is 6. The molecule has 44 heavy (non-hydrogen) atoms. The van der Waals surface area contributed by atoms with Crippen molar-refractivity contribution in [3.8, 4) is 11.5 Å². The van der Waals surface area contributed by atoms with Crippen LogP contribution in [0.5, 0.6) is 11.5 Å². The average molecular weight is 620 g/mol. The first-order valence-corrected chi connectivity index (χ1v) is 15.0. The molecule has 1 spiro atoms. The van der Waals surface area contributed by atoms with Crippen molar-refractivity contribution >= 4 is 40.8 Å². The number of anilines is 2. The number of hydrogen-bond donors (Lipinski definition) is 2. The highest BCUT2D eigenvalue weighted by Gasteiger charge is 2.54. The molecule has 0 saturated carbocycles. The Labute approximate surface area is 262 Å². The summed E-state index contributed by atoms with van der Waals surface area (Å²) in [6, 6.07) is 20.6. The second-order valence-corrected chi connectivity index (χ2v) is 11.5. The first-order valence-electron chi connectivity index (χ1n) is 14.7. The molecule has 0 radical (unpaired) electrons. The van der Waals surface area contributed by atoms with Crippen LogP contribution in [0.3, 0.4) is 0 Å². The molecule has 0 aromatic heterocycles. The van der Waals surface area contributed by atoms with Crippen LogP contribution in [0.25, 0.3) is 0 Å². The van der Waals surface area contributed by atoms with Crippen molar-refractivity contribution in [2.75, 3.05) is 57.3 Å². The molecule has 0 atom stereocenters. The number of benzene rings is 3. The Bertz CT molecular complexity index is 1510. The van der Waals surface area contributed by atoms with Crippen molar-refractivity contribution in [1.82, 2.24) is 15.1 Å². The largest absolute Gasteiger partial charge is 0.493 e. The van der Waals surface area contributed by atoms with Crippen LogP contribution in [0.1, 0.15) is 24.0 Å². The summed E-state index contributed by atoms with van der Waals surface area (Å²) in [7, 11) is 3.17. The van der Waals surface area contributed by atoms with Gasteiger partial charge in [-0.3, -0.25) is 9.59 Å². The maximum absolute atomic E-state index is 14.0. The summed E-state index contributed by atoms with van der Waals surface area (Å²) in [5, 5.41) is 6.45. The minimum absolute atomic E-state index is 0.0474. The third-order valence-corrected chi connectivity index (χ3v) is 8.81. The molecule has 2 fully saturated rings. The van der Waals surface area contributed by atoms with Gasteiger partial charge in [0.25, 0.3) is 5.91 Å². The van der Waals surface area contributed by atoms with Crippen LogP contribution in [0.4, 0.5) is 16.2 Å². The molecule has 11 heteroatoms. The van der Waals surface area contributed by atoms with Crippen LogP contribution >= 0.6 is 11.6 Å². The van der Waals surface area contributed by atoms with Crippen molar-refractivity contribution in [1.29, 1.82) is 0 Å². The number of carbonyl (C=O) groups excluding carboxylic acids is 3. The Morgan fingerprint density at radius 1 is 0.955 bits per heavy atom. The van der Waals surface area contributed by atoms with Crippen LogP contribution in [0, 0.1) is 6.92 Å². The van der Waals surface area contributed by atoms with Crippen LogP contribution in [0.15, 0.2) is 66.7 Å². The van der Waals surface area contributed by atoms with Crippen molar-refractivity contribution in [2.24, 2.45) is 0 Å². The lowest BCUT2D eigenvalue weighted by Gasteiger charge is -2.43. The van der Waals surface area contributed by atoms with E-state index in [1.54, 1.807) is 30.1 Å². The molecule has 0 bridgehead atoms. The molecule has 0 unspecified atom stereocenters. The van der Waals surface area contributed by atoms with Crippen LogP contribution in [0.2, 0.25) is 5.02 Å². The third kappa shape index (κ3) is 6.55. The Morgan fingerprint density at radius 2 is 1.68 bits per heavy atom. The number of nitrogens with one attached hydrogen (secondary N) is 2. The number of carbonyl (C=O) groups is 3. The molecule has 232 valence electrons. The molecule has 3 aromatic rings. The van der Waals surface area contributed by atoms with E-state index in [0.29, 0.717) is 67.8 Å². The SMILES string of the molecule is COc1ccc(CCNC(=O)CN2CN(c3ccccc3)C3(CCN(C(=O)Nc4ccc(C)c(Cl)c4)CC3)C2=O)cc1OC. The van der Waals surface area contributed by atoms with Gasteiger partial charge in [-0.25, -0.2) is 4.79 Å². The molecule has 0 aliphatic carbocycles. The van der Waals surface area contributed by atoms with Gasteiger partial charge in [0, 0.05) is 36.0 Å². The number of aryl methyl sites for hydroxylation is 1. The van der Waals surface area contributed by atoms with Crippen molar-refractivity contribution < 1.29 is 23.9 Å². The maximum atomic E-state index is 14.0. The summed E-state index contributed by atoms with van der Waals surface area (Å²) < 4.78 is 10.7. The minimum Gasteiger partial charge on any atom is -0.493 e. The molecule has 2 heterocycles. The van der Waals surface area contributed by atoms with E-state index in [0.717, 1.165) is 16.8 Å². The molecule has 2 saturated heterocycles. The molecular weight excluding hydrogens is 582 g/mol. The minimum atomic E-state index is -0.842. The van der Waals surface area contributed by atoms with Crippen molar-refractivity contribution in [3.63, 3.8) is 0 Å². The summed E-state index contributed by atoms with van der Waals surface area (Å²) in [6.45, 7) is 3.36. The zero-order valence-corrected chi connectivity index (χ0v) is 26.0. The average Bonchev–Trinajstić information content (AvgIpc) is 3.29. The highest BCUT2D eigenvalue weighted by Crippen LogP contribution is 2.39. The Kier molecular flexibility index (Phi) is 9.49. The van der Waals surface area contributed by atoms with Gasteiger partial charge in [0.1, 0.15) is 12.1 Å². The zero-order valence-electron chi connectivity index (χ0n) is 25.3. The number of piperidine rings is 1. The number of likely N-dealkylation sites (tertiary alicyclic amines) is 1. The standard InChI is InChI=1S/C33H38ClN5O5/c1-23-9-11-25(20-27(23)34)36-32(42)37-17-14-33(15-18-37)31(41)38(22-39(33)26-7-5-4-6-8-26)21-30(40)35-16-13-24-10-12-28(43-2)29(19-24)44-3/h4-12,19-20H,13-18,21-22H2,1-3H3,(H,35,40)(H,36,42). The van der Waals surface area contributed by atoms with Gasteiger partial charge < -0.3 is 34.8 Å². The number of amides is 4. The van der Waals surface area contributed by atoms with Gasteiger partial charge in [0.15, 0.2) is 11.5 Å². The van der Waals surface area contributed by atoms with E-state index in [1.165, 1.54) is 0 Å². The van der Waals surface area contributed by atoms with Gasteiger partial charge in [0.2, 0.25) is 5.91 Å². The maximum Gasteiger partial charge on any atom is 0.321 e. The molecule has 2 N–H and O–H groups in total. The van der Waals surface area contributed by atoms with Crippen LogP contribution < -0.4 is 25.0 Å². The van der Waals surface area contributed by atoms with E-state index < -0.39 is 5.54 Å². The predicted molar refractivity (Wildman–Crippen MR) is 171 cm³/mol. The van der Waals surface area contributed by atoms with E-state index in [1.807, 2.05) is 67.6 Å². The second kappa shape index (κ2) is 13.5. The van der Waals surface area contributed by atoms with E-state index >= 15 is 0 Å². The number of halogens is 1. The van der Waals surface area contributed by atoms with Crippen LogP contribution in [-0.4, -0.2) is 80.3 Å². The summed E-state index contributed by atoms with van der Waals surface area (Å²) in [6.07, 6.45) is 1.49. The van der Waals surface area contributed by atoms with E-state index in [2.05, 4.69) is 15.5 Å². The van der Waals surface area contributed by atoms with E-state index in [-0.39, 0.29) is 24.4 Å². The first kappa shape index (κ1) is 31.0. The topological polar surface area (TPSA) is 103 Å². The van der Waals surface area contributed by atoms with Gasteiger partial charge in [-0.15, -0.1) is 0 Å². The molecule has 10 nitrogen and oxygen atoms in total. The Morgan fingerprint density at radius 3 is 2.36 bits per heavy atom. The number of nitrogens with zero attached hydrogens (tertiary/aromatic N) is 3. The normalized spacial score (nSPS) is 15.8. The first-order chi connectivity index (χ1) is 21.2. The smallest absolute Gasteiger partial charge is 0.321 e. The van der Waals surface area contributed by atoms with Crippen LogP contribution in [-0.2, 0) is 16.0 Å². The lowest BCUT2D eigenvalue weighted by molar-refractivity contribution is -0.137. The van der Waals surface area contributed by atoms with E-state index in [4.69, 9.17) is 21.1 Å². The second-order valence-electron chi connectivity index (χ2n) is 11.1. The lowest BCUT2D eigenvalue weighted by Crippen LogP contribution is -2.58. The molecule has 2 aliphatic rings. The molecule has 5 rings (SSSR count). The summed E-state index contributed by atoms with van der Waals surface area (Å²) in [5.74, 6) is 0.958. The molecule has 2 aliphatic heterocycles. The van der Waals surface area contributed by atoms with Gasteiger partial charge >= 0.3 is 6.03 Å². The van der Waals surface area contributed by atoms with Crippen molar-refractivity contribution in [3.05, 3.63) is 82.9 Å². The highest BCUT2D eigenvalue weighted by molar-refractivity contribution is 6.31. The number of methoxy groups -OCH3 is 2.